The molecule has 1 aliphatic carbocycles. The van der Waals surface area contributed by atoms with Crippen molar-refractivity contribution >= 4 is 17.1 Å². The fraction of sp³-hybridized carbons (Fsp3) is 0.375. The van der Waals surface area contributed by atoms with Gasteiger partial charge in [0.05, 0.1) is 12.6 Å². The van der Waals surface area contributed by atoms with Gasteiger partial charge in [-0.15, -0.1) is 0 Å². The highest BCUT2D eigenvalue weighted by atomic mass is 16.5. The molecule has 172 valence electrons. The molecule has 9 nitrogen and oxygen atoms in total. The first-order valence-electron chi connectivity index (χ1n) is 11.2. The van der Waals surface area contributed by atoms with Gasteiger partial charge in [-0.2, -0.15) is 4.98 Å². The molecule has 0 bridgehead atoms. The minimum Gasteiger partial charge on any atom is -0.377 e. The zero-order valence-corrected chi connectivity index (χ0v) is 18.9. The number of nitrogens with zero attached hydrogens (tertiary/aromatic N) is 5. The molecule has 0 amide bonds. The van der Waals surface area contributed by atoms with Crippen molar-refractivity contribution in [2.45, 2.75) is 19.1 Å². The maximum Gasteiger partial charge on any atom is 0.329 e. The molecule has 1 N–H and O–H groups in total. The number of rotatable bonds is 5. The molecule has 1 unspecified atom stereocenters. The number of hydrogen-bond donors (Lipinski definition) is 1. The summed E-state index contributed by atoms with van der Waals surface area (Å²) in [7, 11) is 3.37. The minimum absolute atomic E-state index is 0.151. The molecule has 3 aromatic rings. The number of fused-ring (bicyclic) bond motifs is 1. The van der Waals surface area contributed by atoms with Crippen LogP contribution in [-0.2, 0) is 18.3 Å². The Morgan fingerprint density at radius 2 is 1.82 bits per heavy atom. The third-order valence-electron chi connectivity index (χ3n) is 6.44. The van der Waals surface area contributed by atoms with Gasteiger partial charge in [0.1, 0.15) is 0 Å². The van der Waals surface area contributed by atoms with Crippen LogP contribution >= 0.6 is 0 Å². The van der Waals surface area contributed by atoms with Crippen LogP contribution in [0.15, 0.2) is 63.8 Å². The maximum absolute atomic E-state index is 12.8. The van der Waals surface area contributed by atoms with Crippen molar-refractivity contribution in [1.29, 1.82) is 0 Å². The highest BCUT2D eigenvalue weighted by molar-refractivity contribution is 5.74. The lowest BCUT2D eigenvalue weighted by atomic mass is 10.1. The van der Waals surface area contributed by atoms with E-state index in [-0.39, 0.29) is 6.10 Å². The Balaban J connectivity index is 1.46. The van der Waals surface area contributed by atoms with E-state index in [9.17, 15) is 9.59 Å². The van der Waals surface area contributed by atoms with E-state index in [4.69, 9.17) is 9.72 Å². The van der Waals surface area contributed by atoms with Crippen molar-refractivity contribution in [2.24, 2.45) is 7.05 Å². The van der Waals surface area contributed by atoms with Crippen LogP contribution in [0.1, 0.15) is 12.0 Å². The highest BCUT2D eigenvalue weighted by Crippen LogP contribution is 2.24. The third kappa shape index (κ3) is 4.00. The summed E-state index contributed by atoms with van der Waals surface area (Å²) >= 11 is 0. The van der Waals surface area contributed by atoms with Crippen molar-refractivity contribution in [3.05, 3.63) is 80.7 Å². The standard InChI is InChI=1S/C24H28N6O3/c1-27-21-20(22(31)26-24(27)32)30(16-17-6-4-3-5-7-17)23(25-21)29-14-12-28(13-15-29)18-8-10-19(33-2)11-9-18/h3-10,19H,11-16H2,1-2H3,(H,26,31,32). The third-order valence-corrected chi connectivity index (χ3v) is 6.44. The summed E-state index contributed by atoms with van der Waals surface area (Å²) < 4.78 is 8.74. The average molecular weight is 449 g/mol. The number of allylic oxidation sites excluding steroid dienone is 1. The number of aromatic amines is 1. The Kier molecular flexibility index (Phi) is 5.63. The second kappa shape index (κ2) is 8.74. The summed E-state index contributed by atoms with van der Waals surface area (Å²) in [6.07, 6.45) is 7.49. The Bertz CT molecular complexity index is 1330. The Labute approximate surface area is 191 Å². The van der Waals surface area contributed by atoms with Crippen LogP contribution in [-0.4, -0.2) is 63.4 Å². The van der Waals surface area contributed by atoms with Gasteiger partial charge in [0.25, 0.3) is 5.56 Å². The molecule has 3 heterocycles. The first kappa shape index (κ1) is 21.3. The number of H-pyrrole nitrogens is 1. The van der Waals surface area contributed by atoms with Gasteiger partial charge in [-0.1, -0.05) is 42.5 Å². The van der Waals surface area contributed by atoms with Crippen LogP contribution in [0.5, 0.6) is 0 Å². The quantitative estimate of drug-likeness (QED) is 0.636. The van der Waals surface area contributed by atoms with Crippen LogP contribution in [0.25, 0.3) is 11.2 Å². The molecule has 0 saturated carbocycles. The van der Waals surface area contributed by atoms with Gasteiger partial charge < -0.3 is 14.5 Å². The van der Waals surface area contributed by atoms with E-state index < -0.39 is 11.2 Å². The summed E-state index contributed by atoms with van der Waals surface area (Å²) in [6, 6.07) is 9.98. The van der Waals surface area contributed by atoms with Gasteiger partial charge in [-0.3, -0.25) is 18.9 Å². The molecule has 33 heavy (non-hydrogen) atoms. The molecule has 2 aliphatic rings. The van der Waals surface area contributed by atoms with E-state index in [0.717, 1.165) is 38.2 Å². The molecule has 1 saturated heterocycles. The van der Waals surface area contributed by atoms with Crippen LogP contribution in [0, 0.1) is 0 Å². The number of methoxy groups -OCH3 is 1. The Hall–Kier alpha value is -3.59. The lowest BCUT2D eigenvalue weighted by Gasteiger charge is -2.38. The van der Waals surface area contributed by atoms with Gasteiger partial charge in [-0.05, 0) is 18.1 Å². The van der Waals surface area contributed by atoms with Gasteiger partial charge in [0.15, 0.2) is 11.2 Å². The Morgan fingerprint density at radius 3 is 2.48 bits per heavy atom. The van der Waals surface area contributed by atoms with E-state index >= 15 is 0 Å². The van der Waals surface area contributed by atoms with Crippen molar-refractivity contribution in [2.75, 3.05) is 38.2 Å². The number of hydrogen-bond acceptors (Lipinski definition) is 6. The van der Waals surface area contributed by atoms with Gasteiger partial charge >= 0.3 is 5.69 Å². The number of ether oxygens (including phenoxy) is 1. The van der Waals surface area contributed by atoms with Crippen LogP contribution in [0.3, 0.4) is 0 Å². The van der Waals surface area contributed by atoms with Crippen molar-refractivity contribution < 1.29 is 4.74 Å². The maximum atomic E-state index is 12.8. The molecule has 9 heteroatoms. The fourth-order valence-electron chi connectivity index (χ4n) is 4.54. The molecule has 2 aromatic heterocycles. The predicted octanol–water partition coefficient (Wildman–Crippen LogP) is 1.45. The van der Waals surface area contributed by atoms with Crippen LogP contribution < -0.4 is 16.1 Å². The molecule has 1 aliphatic heterocycles. The van der Waals surface area contributed by atoms with Gasteiger partial charge in [0, 0.05) is 46.0 Å². The van der Waals surface area contributed by atoms with Gasteiger partial charge in [-0.25, -0.2) is 4.79 Å². The fourth-order valence-corrected chi connectivity index (χ4v) is 4.54. The number of imidazole rings is 1. The largest absolute Gasteiger partial charge is 0.377 e. The van der Waals surface area contributed by atoms with Crippen LogP contribution in [0.4, 0.5) is 5.95 Å². The summed E-state index contributed by atoms with van der Waals surface area (Å²) in [5, 5.41) is 0. The van der Waals surface area contributed by atoms with Crippen LogP contribution in [0.2, 0.25) is 0 Å². The lowest BCUT2D eigenvalue weighted by Crippen LogP contribution is -2.46. The van der Waals surface area contributed by atoms with Crippen molar-refractivity contribution in [3.63, 3.8) is 0 Å². The van der Waals surface area contributed by atoms with E-state index in [2.05, 4.69) is 33.0 Å². The number of benzene rings is 1. The first-order valence-corrected chi connectivity index (χ1v) is 11.2. The normalized spacial score (nSPS) is 18.7. The lowest BCUT2D eigenvalue weighted by molar-refractivity contribution is 0.141. The summed E-state index contributed by atoms with van der Waals surface area (Å²) in [5.41, 5.74) is 2.24. The van der Waals surface area contributed by atoms with Crippen molar-refractivity contribution in [1.82, 2.24) is 24.0 Å². The summed E-state index contributed by atoms with van der Waals surface area (Å²) in [6.45, 7) is 3.72. The molecule has 1 fully saturated rings. The molecular weight excluding hydrogens is 420 g/mol. The topological polar surface area (TPSA) is 88.4 Å². The second-order valence-corrected chi connectivity index (χ2v) is 8.45. The Morgan fingerprint density at radius 1 is 1.09 bits per heavy atom. The van der Waals surface area contributed by atoms with E-state index in [0.29, 0.717) is 23.7 Å². The molecule has 1 atom stereocenters. The van der Waals surface area contributed by atoms with E-state index in [1.165, 1.54) is 10.3 Å². The number of aryl methyl sites for hydroxylation is 1. The second-order valence-electron chi connectivity index (χ2n) is 8.45. The van der Waals surface area contributed by atoms with Gasteiger partial charge in [0.2, 0.25) is 5.95 Å². The smallest absolute Gasteiger partial charge is 0.329 e. The number of aromatic nitrogens is 4. The zero-order chi connectivity index (χ0) is 22.9. The van der Waals surface area contributed by atoms with E-state index in [1.54, 1.807) is 14.2 Å². The summed E-state index contributed by atoms with van der Waals surface area (Å²) in [5.74, 6) is 0.716. The highest BCUT2D eigenvalue weighted by Gasteiger charge is 2.26. The van der Waals surface area contributed by atoms with E-state index in [1.807, 2.05) is 34.9 Å². The predicted molar refractivity (Wildman–Crippen MR) is 128 cm³/mol. The SMILES string of the molecule is COC1C=CC(N2CCN(c3nc4c(c(=O)[nH]c(=O)n4C)n3Cc3ccccc3)CC2)=CC1. The zero-order valence-electron chi connectivity index (χ0n) is 18.9. The molecule has 0 spiro atoms. The number of piperazine rings is 1. The average Bonchev–Trinajstić information content (AvgIpc) is 3.23. The number of anilines is 1. The first-order chi connectivity index (χ1) is 16.0. The van der Waals surface area contributed by atoms with Crippen molar-refractivity contribution in [3.8, 4) is 0 Å². The molecular formula is C24H28N6O3. The monoisotopic (exact) mass is 448 g/mol. The molecule has 5 rings (SSSR count). The molecule has 0 radical (unpaired) electrons. The summed E-state index contributed by atoms with van der Waals surface area (Å²) in [4.78, 5) is 36.7. The molecule has 1 aromatic carbocycles. The number of nitrogens with one attached hydrogen (secondary N) is 1. The minimum atomic E-state index is -0.460.